The van der Waals surface area contributed by atoms with E-state index in [1.54, 1.807) is 0 Å². The Morgan fingerprint density at radius 2 is 2.17 bits per heavy atom. The summed E-state index contributed by atoms with van der Waals surface area (Å²) in [6.45, 7) is 6.04. The van der Waals surface area contributed by atoms with Crippen LogP contribution in [0.3, 0.4) is 0 Å². The number of unbranched alkanes of at least 4 members (excludes halogenated alkanes) is 1. The van der Waals surface area contributed by atoms with Crippen LogP contribution in [0.5, 0.6) is 5.75 Å². The van der Waals surface area contributed by atoms with Crippen LogP contribution in [0.15, 0.2) is 24.3 Å². The van der Waals surface area contributed by atoms with Gasteiger partial charge in [0, 0.05) is 26.1 Å². The molecule has 2 N–H and O–H groups in total. The molecule has 1 aliphatic heterocycles. The SMILES string of the molecule is CCCCN(CCN)CC1Cc2ccccc2O1. The Hall–Kier alpha value is -1.06. The van der Waals surface area contributed by atoms with Gasteiger partial charge in [-0.15, -0.1) is 0 Å². The van der Waals surface area contributed by atoms with Crippen molar-refractivity contribution in [1.82, 2.24) is 4.90 Å². The predicted molar refractivity (Wildman–Crippen MR) is 75.0 cm³/mol. The van der Waals surface area contributed by atoms with Gasteiger partial charge >= 0.3 is 0 Å². The molecule has 1 unspecified atom stereocenters. The number of benzene rings is 1. The van der Waals surface area contributed by atoms with Gasteiger partial charge in [-0.1, -0.05) is 31.5 Å². The van der Waals surface area contributed by atoms with E-state index in [2.05, 4.69) is 30.0 Å². The van der Waals surface area contributed by atoms with Gasteiger partial charge in [0.1, 0.15) is 11.9 Å². The molecule has 0 spiro atoms. The molecule has 0 bridgehead atoms. The van der Waals surface area contributed by atoms with E-state index in [-0.39, 0.29) is 0 Å². The monoisotopic (exact) mass is 248 g/mol. The maximum atomic E-state index is 5.98. The van der Waals surface area contributed by atoms with E-state index >= 15 is 0 Å². The summed E-state index contributed by atoms with van der Waals surface area (Å²) in [6, 6.07) is 8.35. The number of fused-ring (bicyclic) bond motifs is 1. The Bertz CT molecular complexity index is 342. The zero-order valence-electron chi connectivity index (χ0n) is 11.3. The molecule has 1 aromatic rings. The highest BCUT2D eigenvalue weighted by Crippen LogP contribution is 2.28. The van der Waals surface area contributed by atoms with Crippen molar-refractivity contribution in [3.05, 3.63) is 29.8 Å². The fraction of sp³-hybridized carbons (Fsp3) is 0.600. The molecule has 0 amide bonds. The van der Waals surface area contributed by atoms with Crippen LogP contribution in [-0.2, 0) is 6.42 Å². The van der Waals surface area contributed by atoms with Crippen LogP contribution in [-0.4, -0.2) is 37.2 Å². The molecule has 3 heteroatoms. The molecule has 1 aliphatic rings. The van der Waals surface area contributed by atoms with Gasteiger partial charge < -0.3 is 10.5 Å². The van der Waals surface area contributed by atoms with Crippen LogP contribution >= 0.6 is 0 Å². The molecule has 18 heavy (non-hydrogen) atoms. The number of rotatable bonds is 7. The molecular formula is C15H24N2O. The van der Waals surface area contributed by atoms with Crippen molar-refractivity contribution in [3.8, 4) is 5.75 Å². The van der Waals surface area contributed by atoms with Crippen molar-refractivity contribution in [2.24, 2.45) is 5.73 Å². The van der Waals surface area contributed by atoms with Crippen molar-refractivity contribution >= 4 is 0 Å². The Morgan fingerprint density at radius 1 is 1.33 bits per heavy atom. The first-order valence-corrected chi connectivity index (χ1v) is 7.00. The topological polar surface area (TPSA) is 38.5 Å². The fourth-order valence-electron chi connectivity index (χ4n) is 2.50. The lowest BCUT2D eigenvalue weighted by molar-refractivity contribution is 0.151. The summed E-state index contributed by atoms with van der Waals surface area (Å²) in [5.74, 6) is 1.06. The second-order valence-corrected chi connectivity index (χ2v) is 4.99. The lowest BCUT2D eigenvalue weighted by atomic mass is 10.1. The van der Waals surface area contributed by atoms with E-state index in [0.717, 1.165) is 38.3 Å². The molecule has 0 fully saturated rings. The van der Waals surface area contributed by atoms with Crippen LogP contribution in [0, 0.1) is 0 Å². The summed E-state index contributed by atoms with van der Waals surface area (Å²) in [7, 11) is 0. The van der Waals surface area contributed by atoms with Gasteiger partial charge in [-0.25, -0.2) is 0 Å². The Morgan fingerprint density at radius 3 is 2.89 bits per heavy atom. The highest BCUT2D eigenvalue weighted by Gasteiger charge is 2.23. The molecule has 3 nitrogen and oxygen atoms in total. The van der Waals surface area contributed by atoms with Crippen molar-refractivity contribution in [3.63, 3.8) is 0 Å². The van der Waals surface area contributed by atoms with Gasteiger partial charge in [0.05, 0.1) is 0 Å². The predicted octanol–water partition coefficient (Wildman–Crippen LogP) is 2.05. The quantitative estimate of drug-likeness (QED) is 0.802. The minimum Gasteiger partial charge on any atom is -0.488 e. The highest BCUT2D eigenvalue weighted by atomic mass is 16.5. The summed E-state index contributed by atoms with van der Waals surface area (Å²) in [6.07, 6.45) is 3.79. The Kier molecular flexibility index (Phi) is 5.02. The van der Waals surface area contributed by atoms with Crippen LogP contribution < -0.4 is 10.5 Å². The van der Waals surface area contributed by atoms with Crippen LogP contribution in [0.25, 0.3) is 0 Å². The Balaban J connectivity index is 1.86. The standard InChI is InChI=1S/C15H24N2O/c1-2-3-9-17(10-8-16)12-14-11-13-6-4-5-7-15(13)18-14/h4-7,14H,2-3,8-12,16H2,1H3. The van der Waals surface area contributed by atoms with Gasteiger partial charge in [0.15, 0.2) is 0 Å². The zero-order valence-corrected chi connectivity index (χ0v) is 11.3. The number of ether oxygens (including phenoxy) is 1. The first-order chi connectivity index (χ1) is 8.83. The number of nitrogens with zero attached hydrogens (tertiary/aromatic N) is 1. The summed E-state index contributed by atoms with van der Waals surface area (Å²) in [4.78, 5) is 2.43. The third-order valence-corrected chi connectivity index (χ3v) is 3.45. The van der Waals surface area contributed by atoms with E-state index in [0.29, 0.717) is 6.10 Å². The lowest BCUT2D eigenvalue weighted by Gasteiger charge is -2.24. The van der Waals surface area contributed by atoms with Gasteiger partial charge in [0.2, 0.25) is 0 Å². The van der Waals surface area contributed by atoms with Crippen molar-refractivity contribution in [2.45, 2.75) is 32.3 Å². The Labute approximate surface area is 110 Å². The summed E-state index contributed by atoms with van der Waals surface area (Å²) in [5.41, 5.74) is 7.02. The first-order valence-electron chi connectivity index (χ1n) is 7.00. The number of hydrogen-bond donors (Lipinski definition) is 1. The second kappa shape index (κ2) is 6.76. The van der Waals surface area contributed by atoms with E-state index in [9.17, 15) is 0 Å². The van der Waals surface area contributed by atoms with Gasteiger partial charge in [-0.05, 0) is 24.6 Å². The number of nitrogens with two attached hydrogens (primary N) is 1. The molecule has 100 valence electrons. The van der Waals surface area contributed by atoms with E-state index in [4.69, 9.17) is 10.5 Å². The minimum absolute atomic E-state index is 0.297. The molecule has 1 heterocycles. The highest BCUT2D eigenvalue weighted by molar-refractivity contribution is 5.37. The molecule has 0 aliphatic carbocycles. The van der Waals surface area contributed by atoms with Gasteiger partial charge in [-0.3, -0.25) is 4.90 Å². The summed E-state index contributed by atoms with van der Waals surface area (Å²) in [5, 5.41) is 0. The summed E-state index contributed by atoms with van der Waals surface area (Å²) < 4.78 is 5.98. The van der Waals surface area contributed by atoms with Crippen LogP contribution in [0.1, 0.15) is 25.3 Å². The molecule has 0 aromatic heterocycles. The fourth-order valence-corrected chi connectivity index (χ4v) is 2.50. The zero-order chi connectivity index (χ0) is 12.8. The number of hydrogen-bond acceptors (Lipinski definition) is 3. The first kappa shape index (κ1) is 13.4. The lowest BCUT2D eigenvalue weighted by Crippen LogP contribution is -2.38. The smallest absolute Gasteiger partial charge is 0.123 e. The maximum Gasteiger partial charge on any atom is 0.123 e. The second-order valence-electron chi connectivity index (χ2n) is 4.99. The van der Waals surface area contributed by atoms with Gasteiger partial charge in [0.25, 0.3) is 0 Å². The van der Waals surface area contributed by atoms with E-state index in [1.807, 2.05) is 6.07 Å². The largest absolute Gasteiger partial charge is 0.488 e. The average Bonchev–Trinajstić information content (AvgIpc) is 2.78. The molecule has 2 rings (SSSR count). The normalized spacial score (nSPS) is 17.8. The van der Waals surface area contributed by atoms with Crippen molar-refractivity contribution in [2.75, 3.05) is 26.2 Å². The third-order valence-electron chi connectivity index (χ3n) is 3.45. The molecule has 0 radical (unpaired) electrons. The third kappa shape index (κ3) is 3.47. The maximum absolute atomic E-state index is 5.98. The molecule has 1 aromatic carbocycles. The average molecular weight is 248 g/mol. The van der Waals surface area contributed by atoms with Crippen LogP contribution in [0.4, 0.5) is 0 Å². The minimum atomic E-state index is 0.297. The molecule has 0 saturated heterocycles. The number of para-hydroxylation sites is 1. The van der Waals surface area contributed by atoms with Gasteiger partial charge in [-0.2, -0.15) is 0 Å². The van der Waals surface area contributed by atoms with E-state index < -0.39 is 0 Å². The van der Waals surface area contributed by atoms with Crippen molar-refractivity contribution in [1.29, 1.82) is 0 Å². The van der Waals surface area contributed by atoms with Crippen molar-refractivity contribution < 1.29 is 4.74 Å². The molecule has 1 atom stereocenters. The molecular weight excluding hydrogens is 224 g/mol. The van der Waals surface area contributed by atoms with Crippen LogP contribution in [0.2, 0.25) is 0 Å². The van der Waals surface area contributed by atoms with E-state index in [1.165, 1.54) is 18.4 Å². The molecule has 0 saturated carbocycles. The summed E-state index contributed by atoms with van der Waals surface area (Å²) >= 11 is 0.